The molecular formula is C10H12O2. The van der Waals surface area contributed by atoms with Crippen molar-refractivity contribution in [3.63, 3.8) is 0 Å². The van der Waals surface area contributed by atoms with Gasteiger partial charge in [-0.05, 0) is 12.5 Å². The molecule has 1 aromatic carbocycles. The third-order valence-corrected chi connectivity index (χ3v) is 1.66. The predicted octanol–water partition coefficient (Wildman–Crippen LogP) is 1.10. The summed E-state index contributed by atoms with van der Waals surface area (Å²) in [5.74, 6) is -0.138. The van der Waals surface area contributed by atoms with Gasteiger partial charge in [-0.1, -0.05) is 29.8 Å². The van der Waals surface area contributed by atoms with Gasteiger partial charge < -0.3 is 5.11 Å². The highest BCUT2D eigenvalue weighted by molar-refractivity contribution is 5.81. The van der Waals surface area contributed by atoms with Crippen molar-refractivity contribution in [3.8, 4) is 0 Å². The number of aliphatic hydroxyl groups is 1. The van der Waals surface area contributed by atoms with Gasteiger partial charge in [-0.15, -0.1) is 0 Å². The van der Waals surface area contributed by atoms with E-state index >= 15 is 0 Å². The second-order valence-corrected chi connectivity index (χ2v) is 2.86. The van der Waals surface area contributed by atoms with Crippen LogP contribution in [-0.2, 0) is 11.2 Å². The van der Waals surface area contributed by atoms with E-state index in [0.29, 0.717) is 6.42 Å². The van der Waals surface area contributed by atoms with E-state index in [0.717, 1.165) is 11.1 Å². The molecule has 0 radical (unpaired) electrons. The summed E-state index contributed by atoms with van der Waals surface area (Å²) in [6.45, 7) is 1.61. The van der Waals surface area contributed by atoms with Crippen LogP contribution >= 0.6 is 0 Å². The lowest BCUT2D eigenvalue weighted by Crippen LogP contribution is -2.07. The average molecular weight is 164 g/mol. The Bertz CT molecular complexity index is 279. The first-order valence-electron chi connectivity index (χ1n) is 3.90. The first-order chi connectivity index (χ1) is 5.72. The molecule has 0 atom stereocenters. The lowest BCUT2D eigenvalue weighted by atomic mass is 10.1. The van der Waals surface area contributed by atoms with Gasteiger partial charge in [0.15, 0.2) is 5.78 Å². The van der Waals surface area contributed by atoms with Gasteiger partial charge in [0.1, 0.15) is 6.61 Å². The average Bonchev–Trinajstić information content (AvgIpc) is 2.04. The van der Waals surface area contributed by atoms with Crippen molar-refractivity contribution in [1.82, 2.24) is 0 Å². The van der Waals surface area contributed by atoms with Crippen LogP contribution in [0.15, 0.2) is 24.3 Å². The number of hydrogen-bond donors (Lipinski definition) is 1. The first-order valence-corrected chi connectivity index (χ1v) is 3.90. The van der Waals surface area contributed by atoms with Crippen LogP contribution in [-0.4, -0.2) is 17.5 Å². The van der Waals surface area contributed by atoms with Gasteiger partial charge in [0.2, 0.25) is 0 Å². The van der Waals surface area contributed by atoms with Crippen LogP contribution in [0.2, 0.25) is 0 Å². The maximum atomic E-state index is 10.8. The molecule has 64 valence electrons. The van der Waals surface area contributed by atoms with Crippen LogP contribution < -0.4 is 0 Å². The molecule has 0 saturated carbocycles. The third kappa shape index (κ3) is 2.47. The van der Waals surface area contributed by atoms with Crippen molar-refractivity contribution in [2.45, 2.75) is 13.3 Å². The van der Waals surface area contributed by atoms with E-state index in [1.54, 1.807) is 0 Å². The lowest BCUT2D eigenvalue weighted by Gasteiger charge is -1.99. The van der Waals surface area contributed by atoms with E-state index < -0.39 is 0 Å². The van der Waals surface area contributed by atoms with Gasteiger partial charge in [-0.2, -0.15) is 0 Å². The highest BCUT2D eigenvalue weighted by Crippen LogP contribution is 2.04. The third-order valence-electron chi connectivity index (χ3n) is 1.66. The van der Waals surface area contributed by atoms with Crippen LogP contribution in [0.1, 0.15) is 11.1 Å². The van der Waals surface area contributed by atoms with Gasteiger partial charge in [-0.3, -0.25) is 4.79 Å². The molecule has 1 rings (SSSR count). The zero-order valence-corrected chi connectivity index (χ0v) is 7.08. The van der Waals surface area contributed by atoms with Gasteiger partial charge in [0, 0.05) is 6.42 Å². The number of carbonyl (C=O) groups excluding carboxylic acids is 1. The molecule has 0 aromatic heterocycles. The number of aryl methyl sites for hydroxylation is 1. The monoisotopic (exact) mass is 164 g/mol. The van der Waals surface area contributed by atoms with Crippen LogP contribution in [0.5, 0.6) is 0 Å². The fourth-order valence-corrected chi connectivity index (χ4v) is 1.11. The summed E-state index contributed by atoms with van der Waals surface area (Å²) in [6.07, 6.45) is 0.332. The molecule has 0 saturated heterocycles. The van der Waals surface area contributed by atoms with Gasteiger partial charge in [0.05, 0.1) is 0 Å². The summed E-state index contributed by atoms with van der Waals surface area (Å²) in [5, 5.41) is 8.52. The molecule has 0 bridgehead atoms. The second kappa shape index (κ2) is 4.02. The fourth-order valence-electron chi connectivity index (χ4n) is 1.11. The van der Waals surface area contributed by atoms with E-state index in [9.17, 15) is 4.79 Å². The van der Waals surface area contributed by atoms with Crippen LogP contribution in [0.4, 0.5) is 0 Å². The minimum Gasteiger partial charge on any atom is -0.389 e. The summed E-state index contributed by atoms with van der Waals surface area (Å²) >= 11 is 0. The van der Waals surface area contributed by atoms with Gasteiger partial charge in [-0.25, -0.2) is 0 Å². The summed E-state index contributed by atoms with van der Waals surface area (Å²) in [4.78, 5) is 10.8. The number of carbonyl (C=O) groups is 1. The Morgan fingerprint density at radius 1 is 1.50 bits per heavy atom. The Morgan fingerprint density at radius 2 is 2.25 bits per heavy atom. The molecule has 0 spiro atoms. The molecule has 0 amide bonds. The maximum absolute atomic E-state index is 10.8. The van der Waals surface area contributed by atoms with E-state index in [2.05, 4.69) is 0 Å². The molecule has 1 aromatic rings. The smallest absolute Gasteiger partial charge is 0.162 e. The molecule has 12 heavy (non-hydrogen) atoms. The van der Waals surface area contributed by atoms with E-state index in [-0.39, 0.29) is 12.4 Å². The molecule has 2 nitrogen and oxygen atoms in total. The second-order valence-electron chi connectivity index (χ2n) is 2.86. The summed E-state index contributed by atoms with van der Waals surface area (Å²) < 4.78 is 0. The summed E-state index contributed by atoms with van der Waals surface area (Å²) in [5.41, 5.74) is 2.10. The molecule has 0 aliphatic carbocycles. The normalized spacial score (nSPS) is 9.83. The fraction of sp³-hybridized carbons (Fsp3) is 0.300. The van der Waals surface area contributed by atoms with E-state index in [1.807, 2.05) is 31.2 Å². The largest absolute Gasteiger partial charge is 0.389 e. The Balaban J connectivity index is 2.69. The van der Waals surface area contributed by atoms with Crippen molar-refractivity contribution in [2.75, 3.05) is 6.61 Å². The molecule has 1 N–H and O–H groups in total. The molecule has 0 aliphatic heterocycles. The lowest BCUT2D eigenvalue weighted by molar-refractivity contribution is -0.121. The quantitative estimate of drug-likeness (QED) is 0.726. The van der Waals surface area contributed by atoms with Crippen molar-refractivity contribution in [1.29, 1.82) is 0 Å². The van der Waals surface area contributed by atoms with E-state index in [1.165, 1.54) is 0 Å². The maximum Gasteiger partial charge on any atom is 0.162 e. The van der Waals surface area contributed by atoms with Crippen LogP contribution in [0.3, 0.4) is 0 Å². The Morgan fingerprint density at radius 3 is 2.83 bits per heavy atom. The topological polar surface area (TPSA) is 37.3 Å². The first kappa shape index (κ1) is 8.94. The van der Waals surface area contributed by atoms with Crippen molar-refractivity contribution in [2.24, 2.45) is 0 Å². The standard InChI is InChI=1S/C10H12O2/c1-8-3-2-4-9(5-8)6-10(12)7-11/h2-5,11H,6-7H2,1H3. The summed E-state index contributed by atoms with van der Waals surface area (Å²) in [6, 6.07) is 7.73. The number of ketones is 1. The number of rotatable bonds is 3. The Labute approximate surface area is 71.8 Å². The SMILES string of the molecule is Cc1cccc(CC(=O)CO)c1. The number of Topliss-reactive ketones (excluding diaryl/α,β-unsaturated/α-hetero) is 1. The molecule has 0 fully saturated rings. The van der Waals surface area contributed by atoms with Gasteiger partial charge in [0.25, 0.3) is 0 Å². The predicted molar refractivity (Wildman–Crippen MR) is 47.0 cm³/mol. The van der Waals surface area contributed by atoms with Crippen LogP contribution in [0.25, 0.3) is 0 Å². The Kier molecular flexibility index (Phi) is 3.00. The number of aliphatic hydroxyl groups excluding tert-OH is 1. The van der Waals surface area contributed by atoms with E-state index in [4.69, 9.17) is 5.11 Å². The van der Waals surface area contributed by atoms with Crippen molar-refractivity contribution in [3.05, 3.63) is 35.4 Å². The van der Waals surface area contributed by atoms with Gasteiger partial charge >= 0.3 is 0 Å². The summed E-state index contributed by atoms with van der Waals surface area (Å²) in [7, 11) is 0. The van der Waals surface area contributed by atoms with Crippen molar-refractivity contribution < 1.29 is 9.90 Å². The molecule has 2 heteroatoms. The molecule has 0 heterocycles. The molecule has 0 aliphatic rings. The minimum atomic E-state index is -0.367. The zero-order chi connectivity index (χ0) is 8.97. The molecular weight excluding hydrogens is 152 g/mol. The Hall–Kier alpha value is -1.15. The highest BCUT2D eigenvalue weighted by atomic mass is 16.3. The molecule has 0 unspecified atom stereocenters. The number of hydrogen-bond acceptors (Lipinski definition) is 2. The minimum absolute atomic E-state index is 0.138. The number of benzene rings is 1. The van der Waals surface area contributed by atoms with Crippen molar-refractivity contribution >= 4 is 5.78 Å². The zero-order valence-electron chi connectivity index (χ0n) is 7.08. The van der Waals surface area contributed by atoms with Crippen LogP contribution in [0, 0.1) is 6.92 Å². The highest BCUT2D eigenvalue weighted by Gasteiger charge is 2.00.